The number of carbonyl (C=O) groups is 1. The van der Waals surface area contributed by atoms with Gasteiger partial charge in [0.25, 0.3) is 5.91 Å². The number of amides is 1. The van der Waals surface area contributed by atoms with Gasteiger partial charge in [0.2, 0.25) is 0 Å². The second kappa shape index (κ2) is 9.69. The Labute approximate surface area is 188 Å². The number of hydrogen-bond donors (Lipinski definition) is 0. The molecule has 1 fully saturated rings. The predicted molar refractivity (Wildman–Crippen MR) is 129 cm³/mol. The van der Waals surface area contributed by atoms with Crippen LogP contribution in [0, 0.1) is 13.8 Å². The normalized spacial score (nSPS) is 14.3. The van der Waals surface area contributed by atoms with Crippen LogP contribution < -0.4 is 9.64 Å². The molecule has 0 atom stereocenters. The maximum atomic E-state index is 13.0. The topological polar surface area (TPSA) is 45.7 Å². The minimum Gasteiger partial charge on any atom is -0.494 e. The van der Waals surface area contributed by atoms with E-state index in [1.54, 1.807) is 11.3 Å². The Bertz CT molecular complexity index is 1050. The highest BCUT2D eigenvalue weighted by Crippen LogP contribution is 2.32. The van der Waals surface area contributed by atoms with Crippen molar-refractivity contribution >= 4 is 32.6 Å². The number of aryl methyl sites for hydroxylation is 2. The zero-order chi connectivity index (χ0) is 21.8. The Hall–Kier alpha value is -2.60. The molecule has 0 bridgehead atoms. The van der Waals surface area contributed by atoms with Gasteiger partial charge in [-0.25, -0.2) is 4.98 Å². The number of thiazole rings is 1. The zero-order valence-corrected chi connectivity index (χ0v) is 19.5. The largest absolute Gasteiger partial charge is 0.494 e. The third kappa shape index (κ3) is 5.01. The fourth-order valence-corrected chi connectivity index (χ4v) is 5.23. The number of hydrogen-bond acceptors (Lipinski definition) is 5. The van der Waals surface area contributed by atoms with Crippen molar-refractivity contribution in [3.8, 4) is 5.75 Å². The average molecular weight is 438 g/mol. The molecule has 0 aliphatic carbocycles. The predicted octanol–water partition coefficient (Wildman–Crippen LogP) is 5.44. The lowest BCUT2D eigenvalue weighted by Gasteiger charge is -2.34. The Morgan fingerprint density at radius 1 is 1.10 bits per heavy atom. The van der Waals surface area contributed by atoms with Gasteiger partial charge in [0.05, 0.1) is 16.8 Å². The molecule has 5 nitrogen and oxygen atoms in total. The van der Waals surface area contributed by atoms with Gasteiger partial charge >= 0.3 is 0 Å². The molecule has 0 unspecified atom stereocenters. The minimum atomic E-state index is 0.0782. The van der Waals surface area contributed by atoms with E-state index in [0.29, 0.717) is 25.3 Å². The van der Waals surface area contributed by atoms with Gasteiger partial charge in [-0.2, -0.15) is 0 Å². The number of benzene rings is 2. The summed E-state index contributed by atoms with van der Waals surface area (Å²) in [6.07, 6.45) is 3.38. The maximum absolute atomic E-state index is 13.0. The van der Waals surface area contributed by atoms with E-state index in [1.165, 1.54) is 22.2 Å². The number of aromatic nitrogens is 1. The van der Waals surface area contributed by atoms with Crippen molar-refractivity contribution in [3.63, 3.8) is 0 Å². The Morgan fingerprint density at radius 3 is 2.68 bits per heavy atom. The van der Waals surface area contributed by atoms with E-state index in [0.717, 1.165) is 42.3 Å². The van der Waals surface area contributed by atoms with Crippen molar-refractivity contribution in [2.75, 3.05) is 37.7 Å². The summed E-state index contributed by atoms with van der Waals surface area (Å²) < 4.78 is 7.06. The molecule has 1 aliphatic heterocycles. The molecule has 1 saturated heterocycles. The summed E-state index contributed by atoms with van der Waals surface area (Å²) in [6.45, 7) is 10.1. The van der Waals surface area contributed by atoms with Crippen LogP contribution in [-0.4, -0.2) is 48.6 Å². The van der Waals surface area contributed by atoms with Gasteiger partial charge in [0, 0.05) is 31.7 Å². The summed E-state index contributed by atoms with van der Waals surface area (Å²) in [5.41, 5.74) is 4.29. The highest BCUT2D eigenvalue weighted by Gasteiger charge is 2.24. The van der Waals surface area contributed by atoms with Crippen LogP contribution in [0.2, 0.25) is 0 Å². The molecule has 0 N–H and O–H groups in total. The van der Waals surface area contributed by atoms with Gasteiger partial charge in [0.1, 0.15) is 5.75 Å². The summed E-state index contributed by atoms with van der Waals surface area (Å²) in [5.74, 6) is 0.857. The third-order valence-electron chi connectivity index (χ3n) is 5.75. The van der Waals surface area contributed by atoms with Crippen LogP contribution in [0.3, 0.4) is 0 Å². The first-order valence-electron chi connectivity index (χ1n) is 11.2. The minimum absolute atomic E-state index is 0.0782. The highest BCUT2D eigenvalue weighted by molar-refractivity contribution is 7.22. The first-order chi connectivity index (χ1) is 15.0. The first-order valence-corrected chi connectivity index (χ1v) is 12.0. The molecule has 0 radical (unpaired) electrons. The van der Waals surface area contributed by atoms with Crippen molar-refractivity contribution in [1.29, 1.82) is 0 Å². The Balaban J connectivity index is 1.37. The van der Waals surface area contributed by atoms with Gasteiger partial charge in [-0.15, -0.1) is 0 Å². The number of unbranched alkanes of at least 4 members (excludes halogenated alkanes) is 2. The number of rotatable bonds is 7. The standard InChI is InChI=1S/C25H31N3O2S/c1-4-5-6-14-30-21-9-7-8-20(17-21)24(29)27-10-12-28(13-11-27)25-26-23-19(3)15-18(2)16-22(23)31-25/h7-9,15-17H,4-6,10-14H2,1-3H3. The van der Waals surface area contributed by atoms with Gasteiger partial charge < -0.3 is 14.5 Å². The number of fused-ring (bicyclic) bond motifs is 1. The number of anilines is 1. The molecule has 164 valence electrons. The Morgan fingerprint density at radius 2 is 1.90 bits per heavy atom. The summed E-state index contributed by atoms with van der Waals surface area (Å²) in [6, 6.07) is 12.0. The van der Waals surface area contributed by atoms with Crippen LogP contribution >= 0.6 is 11.3 Å². The summed E-state index contributed by atoms with van der Waals surface area (Å²) in [7, 11) is 0. The van der Waals surface area contributed by atoms with Gasteiger partial charge in [-0.1, -0.05) is 43.2 Å². The summed E-state index contributed by atoms with van der Waals surface area (Å²) in [5, 5.41) is 1.05. The number of carbonyl (C=O) groups excluding carboxylic acids is 1. The molecule has 6 heteroatoms. The number of piperazine rings is 1. The number of nitrogens with zero attached hydrogens (tertiary/aromatic N) is 3. The third-order valence-corrected chi connectivity index (χ3v) is 6.82. The van der Waals surface area contributed by atoms with E-state index >= 15 is 0 Å². The number of ether oxygens (including phenoxy) is 1. The molecule has 0 saturated carbocycles. The molecule has 1 aliphatic rings. The zero-order valence-electron chi connectivity index (χ0n) is 18.7. The van der Waals surface area contributed by atoms with Crippen molar-refractivity contribution < 1.29 is 9.53 Å². The quantitative estimate of drug-likeness (QED) is 0.462. The van der Waals surface area contributed by atoms with E-state index < -0.39 is 0 Å². The molecule has 0 spiro atoms. The van der Waals surface area contributed by atoms with Crippen molar-refractivity contribution in [3.05, 3.63) is 53.1 Å². The summed E-state index contributed by atoms with van der Waals surface area (Å²) in [4.78, 5) is 22.2. The smallest absolute Gasteiger partial charge is 0.254 e. The van der Waals surface area contributed by atoms with Crippen LogP contribution in [0.1, 0.15) is 47.7 Å². The van der Waals surface area contributed by atoms with E-state index in [2.05, 4.69) is 37.8 Å². The fourth-order valence-electron chi connectivity index (χ4n) is 4.04. The van der Waals surface area contributed by atoms with Gasteiger partial charge in [-0.3, -0.25) is 4.79 Å². The Kier molecular flexibility index (Phi) is 6.76. The molecular weight excluding hydrogens is 406 g/mol. The van der Waals surface area contributed by atoms with Crippen LogP contribution in [-0.2, 0) is 0 Å². The SMILES string of the molecule is CCCCCOc1cccc(C(=O)N2CCN(c3nc4c(C)cc(C)cc4s3)CC2)c1. The van der Waals surface area contributed by atoms with E-state index in [-0.39, 0.29) is 5.91 Å². The molecule has 2 aromatic carbocycles. The van der Waals surface area contributed by atoms with Crippen LogP contribution in [0.4, 0.5) is 5.13 Å². The van der Waals surface area contributed by atoms with Gasteiger partial charge in [-0.05, 0) is 55.7 Å². The van der Waals surface area contributed by atoms with Crippen LogP contribution in [0.5, 0.6) is 5.75 Å². The second-order valence-electron chi connectivity index (χ2n) is 8.29. The second-order valence-corrected chi connectivity index (χ2v) is 9.30. The first kappa shape index (κ1) is 21.6. The lowest BCUT2D eigenvalue weighted by Crippen LogP contribution is -2.48. The molecule has 1 amide bonds. The van der Waals surface area contributed by atoms with E-state index in [1.807, 2.05) is 29.2 Å². The van der Waals surface area contributed by atoms with Gasteiger partial charge in [0.15, 0.2) is 5.13 Å². The van der Waals surface area contributed by atoms with E-state index in [9.17, 15) is 4.79 Å². The molecule has 31 heavy (non-hydrogen) atoms. The maximum Gasteiger partial charge on any atom is 0.254 e. The monoisotopic (exact) mass is 437 g/mol. The van der Waals surface area contributed by atoms with Crippen LogP contribution in [0.15, 0.2) is 36.4 Å². The van der Waals surface area contributed by atoms with Crippen molar-refractivity contribution in [1.82, 2.24) is 9.88 Å². The fraction of sp³-hybridized carbons (Fsp3) is 0.440. The lowest BCUT2D eigenvalue weighted by molar-refractivity contribution is 0.0746. The van der Waals surface area contributed by atoms with Crippen LogP contribution in [0.25, 0.3) is 10.2 Å². The van der Waals surface area contributed by atoms with Crippen molar-refractivity contribution in [2.24, 2.45) is 0 Å². The van der Waals surface area contributed by atoms with E-state index in [4.69, 9.17) is 9.72 Å². The molecule has 4 rings (SSSR count). The molecule has 1 aromatic heterocycles. The molecule has 3 aromatic rings. The lowest BCUT2D eigenvalue weighted by atomic mass is 10.1. The van der Waals surface area contributed by atoms with Crippen molar-refractivity contribution in [2.45, 2.75) is 40.0 Å². The summed E-state index contributed by atoms with van der Waals surface area (Å²) >= 11 is 1.75. The molecule has 2 heterocycles. The molecular formula is C25H31N3O2S. The highest BCUT2D eigenvalue weighted by atomic mass is 32.1. The average Bonchev–Trinajstić information content (AvgIpc) is 3.21.